The fourth-order valence-electron chi connectivity index (χ4n) is 4.72. The van der Waals surface area contributed by atoms with Crippen LogP contribution in [0.1, 0.15) is 55.6 Å². The monoisotopic (exact) mass is 435 g/mol. The van der Waals surface area contributed by atoms with Crippen LogP contribution in [0.4, 0.5) is 5.69 Å². The van der Waals surface area contributed by atoms with E-state index >= 15 is 0 Å². The summed E-state index contributed by atoms with van der Waals surface area (Å²) in [6, 6.07) is 7.87. The molecule has 4 rings (SSSR count). The molecule has 1 amide bonds. The van der Waals surface area contributed by atoms with Crippen LogP contribution in [-0.4, -0.2) is 59.9 Å². The second kappa shape index (κ2) is 9.96. The number of rotatable bonds is 6. The number of aliphatic imine (C=N–C) groups is 1. The predicted octanol–water partition coefficient (Wildman–Crippen LogP) is 2.74. The smallest absolute Gasteiger partial charge is 0.317 e. The molecule has 2 heterocycles. The number of anilines is 1. The zero-order valence-electron chi connectivity index (χ0n) is 18.1. The van der Waals surface area contributed by atoms with Crippen LogP contribution in [0.2, 0.25) is 0 Å². The highest BCUT2D eigenvalue weighted by atomic mass is 16.4. The lowest BCUT2D eigenvalue weighted by atomic mass is 9.85. The van der Waals surface area contributed by atoms with E-state index in [1.54, 1.807) is 0 Å². The van der Waals surface area contributed by atoms with Crippen LogP contribution in [0, 0.1) is 11.3 Å². The Morgan fingerprint density at radius 2 is 2.09 bits per heavy atom. The Hall–Kier alpha value is -3.18. The van der Waals surface area contributed by atoms with Gasteiger partial charge < -0.3 is 15.7 Å². The molecule has 1 aromatic rings. The highest BCUT2D eigenvalue weighted by Crippen LogP contribution is 2.36. The van der Waals surface area contributed by atoms with Gasteiger partial charge in [0.2, 0.25) is 0 Å². The Morgan fingerprint density at radius 3 is 2.75 bits per heavy atom. The highest BCUT2D eigenvalue weighted by molar-refractivity contribution is 6.42. The Balaban J connectivity index is 1.52. The molecular weight excluding hydrogens is 406 g/mol. The summed E-state index contributed by atoms with van der Waals surface area (Å²) in [4.78, 5) is 29.9. The average Bonchev–Trinajstić information content (AvgIpc) is 3.30. The van der Waals surface area contributed by atoms with E-state index in [2.05, 4.69) is 39.9 Å². The van der Waals surface area contributed by atoms with Crippen molar-refractivity contribution < 1.29 is 14.7 Å². The van der Waals surface area contributed by atoms with Gasteiger partial charge in [-0.1, -0.05) is 12.1 Å². The topological polar surface area (TPSA) is 118 Å². The number of likely N-dealkylation sites (tertiary alicyclic amines) is 1. The van der Waals surface area contributed by atoms with Crippen molar-refractivity contribution in [2.75, 3.05) is 31.5 Å². The Morgan fingerprint density at radius 1 is 1.28 bits per heavy atom. The van der Waals surface area contributed by atoms with Gasteiger partial charge in [-0.15, -0.1) is 0 Å². The molecule has 1 fully saturated rings. The number of hydrogen-bond donors (Lipinski definition) is 3. The molecule has 0 radical (unpaired) electrons. The fourth-order valence-corrected chi connectivity index (χ4v) is 4.72. The van der Waals surface area contributed by atoms with Gasteiger partial charge >= 0.3 is 5.97 Å². The third kappa shape index (κ3) is 5.17. The van der Waals surface area contributed by atoms with Crippen LogP contribution >= 0.6 is 0 Å². The molecule has 0 aromatic heterocycles. The summed E-state index contributed by atoms with van der Waals surface area (Å²) >= 11 is 0. The second-order valence-electron chi connectivity index (χ2n) is 8.69. The standard InChI is InChI=1S/C24H29N5O3/c25-13-19-14-26-23(27-19)24(32)28-21-7-6-18(12-20(21)17-4-2-1-3-5-17)16-8-10-29(11-9-16)15-22(30)31/h4,6-7,12,16,19H,1-3,5,8-11,14-15H2,(H,26,27)(H,28,32)(H,30,31). The third-order valence-electron chi connectivity index (χ3n) is 6.46. The van der Waals surface area contributed by atoms with Crippen molar-refractivity contribution >= 4 is 29.0 Å². The normalized spacial score (nSPS) is 21.8. The number of amides is 1. The summed E-state index contributed by atoms with van der Waals surface area (Å²) in [5, 5.41) is 23.9. The van der Waals surface area contributed by atoms with E-state index < -0.39 is 12.0 Å². The maximum Gasteiger partial charge on any atom is 0.317 e. The average molecular weight is 436 g/mol. The summed E-state index contributed by atoms with van der Waals surface area (Å²) in [6.07, 6.45) is 8.46. The number of carboxylic acid groups (broad SMARTS) is 1. The molecule has 8 heteroatoms. The number of carbonyl (C=O) groups excluding carboxylic acids is 1. The van der Waals surface area contributed by atoms with Crippen molar-refractivity contribution in [3.05, 3.63) is 35.4 Å². The summed E-state index contributed by atoms with van der Waals surface area (Å²) in [7, 11) is 0. The molecule has 1 atom stereocenters. The van der Waals surface area contributed by atoms with Gasteiger partial charge in [-0.2, -0.15) is 5.26 Å². The number of piperidine rings is 1. The summed E-state index contributed by atoms with van der Waals surface area (Å²) < 4.78 is 0. The first-order valence-electron chi connectivity index (χ1n) is 11.3. The fraction of sp³-hybridized carbons (Fsp3) is 0.500. The minimum Gasteiger partial charge on any atom is -0.480 e. The van der Waals surface area contributed by atoms with Crippen LogP contribution in [-0.2, 0) is 9.59 Å². The number of hydrogen-bond acceptors (Lipinski definition) is 6. The van der Waals surface area contributed by atoms with E-state index in [9.17, 15) is 9.59 Å². The van der Waals surface area contributed by atoms with E-state index in [1.807, 2.05) is 11.0 Å². The van der Waals surface area contributed by atoms with Gasteiger partial charge in [0, 0.05) is 11.3 Å². The van der Waals surface area contributed by atoms with Crippen molar-refractivity contribution in [3.63, 3.8) is 0 Å². The van der Waals surface area contributed by atoms with Gasteiger partial charge in [-0.3, -0.25) is 19.5 Å². The molecule has 1 saturated heterocycles. The molecule has 0 spiro atoms. The van der Waals surface area contributed by atoms with Gasteiger partial charge in [-0.05, 0) is 80.8 Å². The highest BCUT2D eigenvalue weighted by Gasteiger charge is 2.25. The zero-order chi connectivity index (χ0) is 22.5. The SMILES string of the molecule is N#CC1CN=C(C(=O)Nc2ccc(C3CCN(CC(=O)O)CC3)cc2C2=CCCCC2)N1. The van der Waals surface area contributed by atoms with E-state index in [1.165, 1.54) is 17.6 Å². The summed E-state index contributed by atoms with van der Waals surface area (Å²) in [6.45, 7) is 1.94. The molecule has 1 aromatic carbocycles. The molecule has 0 bridgehead atoms. The van der Waals surface area contributed by atoms with Crippen molar-refractivity contribution in [2.45, 2.75) is 50.5 Å². The van der Waals surface area contributed by atoms with Crippen molar-refractivity contribution in [1.82, 2.24) is 10.2 Å². The first-order chi connectivity index (χ1) is 15.5. The van der Waals surface area contributed by atoms with Gasteiger partial charge in [0.25, 0.3) is 5.91 Å². The van der Waals surface area contributed by atoms with Crippen molar-refractivity contribution in [3.8, 4) is 6.07 Å². The number of aliphatic carboxylic acids is 1. The Labute approximate surface area is 188 Å². The number of nitriles is 1. The van der Waals surface area contributed by atoms with E-state index in [-0.39, 0.29) is 24.8 Å². The minimum atomic E-state index is -0.780. The number of allylic oxidation sites excluding steroid dienone is 2. The van der Waals surface area contributed by atoms with Crippen LogP contribution in [0.25, 0.3) is 5.57 Å². The lowest BCUT2D eigenvalue weighted by molar-refractivity contribution is -0.138. The van der Waals surface area contributed by atoms with Gasteiger partial charge in [0.15, 0.2) is 5.84 Å². The first-order valence-corrected chi connectivity index (χ1v) is 11.3. The van der Waals surface area contributed by atoms with Crippen LogP contribution in [0.3, 0.4) is 0 Å². The summed E-state index contributed by atoms with van der Waals surface area (Å²) in [5.74, 6) is -0.521. The molecule has 1 aliphatic carbocycles. The summed E-state index contributed by atoms with van der Waals surface area (Å²) in [5.41, 5.74) is 4.31. The van der Waals surface area contributed by atoms with Crippen LogP contribution < -0.4 is 10.6 Å². The molecule has 3 N–H and O–H groups in total. The molecule has 0 saturated carbocycles. The van der Waals surface area contributed by atoms with Crippen molar-refractivity contribution in [2.24, 2.45) is 4.99 Å². The predicted molar refractivity (Wildman–Crippen MR) is 122 cm³/mol. The maximum absolute atomic E-state index is 12.7. The van der Waals surface area contributed by atoms with Crippen LogP contribution in [0.5, 0.6) is 0 Å². The molecule has 2 aliphatic heterocycles. The van der Waals surface area contributed by atoms with Gasteiger partial charge in [0.1, 0.15) is 6.04 Å². The number of nitrogens with zero attached hydrogens (tertiary/aromatic N) is 3. The number of carbonyl (C=O) groups is 2. The number of carboxylic acids is 1. The Kier molecular flexibility index (Phi) is 6.86. The molecular formula is C24H29N5O3. The van der Waals surface area contributed by atoms with Gasteiger partial charge in [0.05, 0.1) is 19.2 Å². The largest absolute Gasteiger partial charge is 0.480 e. The minimum absolute atomic E-state index is 0.0976. The first kappa shape index (κ1) is 22.0. The molecule has 3 aliphatic rings. The van der Waals surface area contributed by atoms with E-state index in [0.717, 1.165) is 56.4 Å². The lowest BCUT2D eigenvalue weighted by Gasteiger charge is -2.31. The number of benzene rings is 1. The van der Waals surface area contributed by atoms with Gasteiger partial charge in [-0.25, -0.2) is 0 Å². The van der Waals surface area contributed by atoms with Crippen LogP contribution in [0.15, 0.2) is 29.3 Å². The van der Waals surface area contributed by atoms with Crippen molar-refractivity contribution in [1.29, 1.82) is 5.26 Å². The lowest BCUT2D eigenvalue weighted by Crippen LogP contribution is -2.37. The molecule has 1 unspecified atom stereocenters. The third-order valence-corrected chi connectivity index (χ3v) is 6.46. The molecule has 32 heavy (non-hydrogen) atoms. The van der Waals surface area contributed by atoms with E-state index in [0.29, 0.717) is 5.92 Å². The number of nitrogens with one attached hydrogen (secondary N) is 2. The quantitative estimate of drug-likeness (QED) is 0.632. The Bertz CT molecular complexity index is 986. The maximum atomic E-state index is 12.7. The van der Waals surface area contributed by atoms with E-state index in [4.69, 9.17) is 10.4 Å². The number of amidine groups is 1. The zero-order valence-corrected chi connectivity index (χ0v) is 18.1. The molecule has 168 valence electrons. The second-order valence-corrected chi connectivity index (χ2v) is 8.69. The molecule has 8 nitrogen and oxygen atoms in total.